The van der Waals surface area contributed by atoms with Gasteiger partial charge in [-0.25, -0.2) is 13.1 Å². The molecule has 1 rings (SSSR count). The summed E-state index contributed by atoms with van der Waals surface area (Å²) in [6.07, 6.45) is 0. The molecule has 0 fully saturated rings. The van der Waals surface area contributed by atoms with Crippen LogP contribution in [0.4, 0.5) is 5.69 Å². The molecule has 5 nitrogen and oxygen atoms in total. The van der Waals surface area contributed by atoms with E-state index < -0.39 is 15.6 Å². The Balaban J connectivity index is 2.95. The average molecular weight is 321 g/mol. The Kier molecular flexibility index (Phi) is 5.43. The molecule has 0 saturated heterocycles. The number of hydrogen-bond donors (Lipinski definition) is 2. The van der Waals surface area contributed by atoms with Gasteiger partial charge in [-0.2, -0.15) is 0 Å². The third kappa shape index (κ3) is 4.34. The zero-order valence-corrected chi connectivity index (χ0v) is 13.7. The quantitative estimate of drug-likeness (QED) is 0.788. The molecular formula is C13H21ClN2O3S. The van der Waals surface area contributed by atoms with Crippen LogP contribution in [0.15, 0.2) is 17.0 Å². The van der Waals surface area contributed by atoms with Crippen molar-refractivity contribution in [1.82, 2.24) is 4.72 Å². The van der Waals surface area contributed by atoms with Gasteiger partial charge in [-0.3, -0.25) is 0 Å². The normalized spacial score (nSPS) is 12.7. The van der Waals surface area contributed by atoms with E-state index in [1.165, 1.54) is 12.1 Å². The van der Waals surface area contributed by atoms with Crippen LogP contribution in [0.2, 0.25) is 5.02 Å². The molecule has 0 bridgehead atoms. The molecule has 0 unspecified atom stereocenters. The summed E-state index contributed by atoms with van der Waals surface area (Å²) in [6, 6.07) is 2.79. The van der Waals surface area contributed by atoms with Crippen LogP contribution < -0.4 is 10.5 Å². The molecule has 3 N–H and O–H groups in total. The van der Waals surface area contributed by atoms with Gasteiger partial charge in [0.2, 0.25) is 10.0 Å². The van der Waals surface area contributed by atoms with Crippen LogP contribution in [0.25, 0.3) is 0 Å². The van der Waals surface area contributed by atoms with E-state index >= 15 is 0 Å². The highest BCUT2D eigenvalue weighted by Gasteiger charge is 2.23. The van der Waals surface area contributed by atoms with Crippen molar-refractivity contribution in [1.29, 1.82) is 0 Å². The summed E-state index contributed by atoms with van der Waals surface area (Å²) in [5.41, 5.74) is 6.18. The van der Waals surface area contributed by atoms with Gasteiger partial charge in [0.05, 0.1) is 10.5 Å². The molecule has 0 aliphatic rings. The molecule has 1 aromatic carbocycles. The Morgan fingerprint density at radius 1 is 1.40 bits per heavy atom. The lowest BCUT2D eigenvalue weighted by molar-refractivity contribution is -0.00514. The maximum absolute atomic E-state index is 12.2. The van der Waals surface area contributed by atoms with Gasteiger partial charge < -0.3 is 10.5 Å². The highest BCUT2D eigenvalue weighted by Crippen LogP contribution is 2.26. The second-order valence-electron chi connectivity index (χ2n) is 5.14. The summed E-state index contributed by atoms with van der Waals surface area (Å²) >= 11 is 5.97. The van der Waals surface area contributed by atoms with Crippen molar-refractivity contribution in [3.05, 3.63) is 22.7 Å². The van der Waals surface area contributed by atoms with Crippen LogP contribution in [-0.2, 0) is 14.8 Å². The zero-order valence-electron chi connectivity index (χ0n) is 12.2. The minimum atomic E-state index is -3.67. The van der Waals surface area contributed by atoms with Gasteiger partial charge in [0.25, 0.3) is 0 Å². The standard InChI is InChI=1S/C13H21ClN2O3S/c1-5-19-13(3,4)8-16-20(17,18)10-6-11(14)9(2)12(15)7-10/h6-7,16H,5,8,15H2,1-4H3. The topological polar surface area (TPSA) is 81.4 Å². The molecule has 7 heteroatoms. The van der Waals surface area contributed by atoms with Crippen molar-refractivity contribution in [2.24, 2.45) is 0 Å². The Labute approximate surface area is 125 Å². The van der Waals surface area contributed by atoms with Crippen molar-refractivity contribution in [2.75, 3.05) is 18.9 Å². The number of nitrogen functional groups attached to an aromatic ring is 1. The highest BCUT2D eigenvalue weighted by molar-refractivity contribution is 7.89. The molecule has 0 spiro atoms. The van der Waals surface area contributed by atoms with Crippen LogP contribution in [0.5, 0.6) is 0 Å². The molecule has 0 amide bonds. The van der Waals surface area contributed by atoms with Crippen LogP contribution in [-0.4, -0.2) is 27.2 Å². The molecule has 0 atom stereocenters. The summed E-state index contributed by atoms with van der Waals surface area (Å²) in [5, 5.41) is 0.328. The third-order valence-corrected chi connectivity index (χ3v) is 4.66. The van der Waals surface area contributed by atoms with E-state index in [0.29, 0.717) is 22.9 Å². The number of anilines is 1. The van der Waals surface area contributed by atoms with Gasteiger partial charge in [-0.15, -0.1) is 0 Å². The number of benzene rings is 1. The van der Waals surface area contributed by atoms with Gasteiger partial charge in [0.15, 0.2) is 0 Å². The van der Waals surface area contributed by atoms with Gasteiger partial charge in [-0.05, 0) is 45.4 Å². The van der Waals surface area contributed by atoms with Crippen LogP contribution >= 0.6 is 11.6 Å². The zero-order chi connectivity index (χ0) is 15.6. The lowest BCUT2D eigenvalue weighted by Gasteiger charge is -2.24. The molecular weight excluding hydrogens is 300 g/mol. The first kappa shape index (κ1) is 17.2. The van der Waals surface area contributed by atoms with E-state index in [-0.39, 0.29) is 11.4 Å². The van der Waals surface area contributed by atoms with E-state index in [1.807, 2.05) is 20.8 Å². The Bertz CT molecular complexity index is 562. The molecule has 0 radical (unpaired) electrons. The summed E-state index contributed by atoms with van der Waals surface area (Å²) in [4.78, 5) is 0.0536. The van der Waals surface area contributed by atoms with Crippen molar-refractivity contribution in [2.45, 2.75) is 38.2 Å². The van der Waals surface area contributed by atoms with E-state index in [9.17, 15) is 8.42 Å². The van der Waals surface area contributed by atoms with Crippen molar-refractivity contribution >= 4 is 27.3 Å². The first-order valence-electron chi connectivity index (χ1n) is 6.28. The Hall–Kier alpha value is -0.820. The number of hydrogen-bond acceptors (Lipinski definition) is 4. The monoisotopic (exact) mass is 320 g/mol. The van der Waals surface area contributed by atoms with Gasteiger partial charge in [0.1, 0.15) is 0 Å². The van der Waals surface area contributed by atoms with Crippen LogP contribution in [0.3, 0.4) is 0 Å². The summed E-state index contributed by atoms with van der Waals surface area (Å²) in [5.74, 6) is 0. The minimum Gasteiger partial charge on any atom is -0.398 e. The second-order valence-corrected chi connectivity index (χ2v) is 7.31. The fourth-order valence-corrected chi connectivity index (χ4v) is 3.17. The molecule has 114 valence electrons. The predicted molar refractivity (Wildman–Crippen MR) is 81.5 cm³/mol. The number of sulfonamides is 1. The van der Waals surface area contributed by atoms with Gasteiger partial charge in [-0.1, -0.05) is 11.6 Å². The van der Waals surface area contributed by atoms with Crippen molar-refractivity contribution in [3.63, 3.8) is 0 Å². The van der Waals surface area contributed by atoms with Gasteiger partial charge in [0, 0.05) is 23.9 Å². The largest absolute Gasteiger partial charge is 0.398 e. The molecule has 1 aromatic rings. The summed E-state index contributed by atoms with van der Waals surface area (Å²) in [6.45, 7) is 7.90. The fraction of sp³-hybridized carbons (Fsp3) is 0.538. The molecule has 0 saturated carbocycles. The SMILES string of the molecule is CCOC(C)(C)CNS(=O)(=O)c1cc(N)c(C)c(Cl)c1. The highest BCUT2D eigenvalue weighted by atomic mass is 35.5. The van der Waals surface area contributed by atoms with E-state index in [1.54, 1.807) is 6.92 Å². The number of rotatable bonds is 6. The second kappa shape index (κ2) is 6.30. The maximum atomic E-state index is 12.2. The molecule has 0 aliphatic heterocycles. The number of ether oxygens (including phenoxy) is 1. The van der Waals surface area contributed by atoms with Crippen molar-refractivity contribution < 1.29 is 13.2 Å². The Morgan fingerprint density at radius 2 is 2.00 bits per heavy atom. The van der Waals surface area contributed by atoms with Crippen LogP contribution in [0, 0.1) is 6.92 Å². The summed E-state index contributed by atoms with van der Waals surface area (Å²) in [7, 11) is -3.67. The smallest absolute Gasteiger partial charge is 0.240 e. The first-order valence-corrected chi connectivity index (χ1v) is 8.14. The molecule has 0 heterocycles. The molecule has 20 heavy (non-hydrogen) atoms. The lowest BCUT2D eigenvalue weighted by atomic mass is 10.1. The average Bonchev–Trinajstić information content (AvgIpc) is 2.33. The molecule has 0 aromatic heterocycles. The first-order chi connectivity index (χ1) is 9.09. The minimum absolute atomic E-state index is 0.0536. The number of halogens is 1. The number of nitrogens with one attached hydrogen (secondary N) is 1. The maximum Gasteiger partial charge on any atom is 0.240 e. The third-order valence-electron chi connectivity index (χ3n) is 2.89. The molecule has 0 aliphatic carbocycles. The fourth-order valence-electron chi connectivity index (χ4n) is 1.62. The van der Waals surface area contributed by atoms with E-state index in [0.717, 1.165) is 0 Å². The van der Waals surface area contributed by atoms with Crippen molar-refractivity contribution in [3.8, 4) is 0 Å². The van der Waals surface area contributed by atoms with E-state index in [2.05, 4.69) is 4.72 Å². The van der Waals surface area contributed by atoms with Gasteiger partial charge >= 0.3 is 0 Å². The lowest BCUT2D eigenvalue weighted by Crippen LogP contribution is -2.40. The summed E-state index contributed by atoms with van der Waals surface area (Å²) < 4.78 is 32.4. The van der Waals surface area contributed by atoms with E-state index in [4.69, 9.17) is 22.1 Å². The number of nitrogens with two attached hydrogens (primary N) is 1. The predicted octanol–water partition coefficient (Wildman–Crippen LogP) is 2.32. The Morgan fingerprint density at radius 3 is 2.50 bits per heavy atom. The van der Waals surface area contributed by atoms with Crippen LogP contribution in [0.1, 0.15) is 26.3 Å².